The Labute approximate surface area is 102 Å². The van der Waals surface area contributed by atoms with E-state index in [1.54, 1.807) is 12.1 Å². The third-order valence-corrected chi connectivity index (χ3v) is 1.99. The maximum atomic E-state index is 11.4. The lowest BCUT2D eigenvalue weighted by molar-refractivity contribution is -0.467. The van der Waals surface area contributed by atoms with Crippen molar-refractivity contribution in [2.45, 2.75) is 0 Å². The van der Waals surface area contributed by atoms with Gasteiger partial charge < -0.3 is 9.47 Å². The SMILES string of the molecule is COC(=O)c1ccccc1OCC(=O)C[N+](=O)[O-]. The molecule has 0 aliphatic carbocycles. The van der Waals surface area contributed by atoms with Crippen LogP contribution in [0.3, 0.4) is 0 Å². The molecule has 0 heterocycles. The fourth-order valence-corrected chi connectivity index (χ4v) is 1.22. The average molecular weight is 253 g/mol. The number of ketones is 1. The van der Waals surface area contributed by atoms with Gasteiger partial charge in [0.05, 0.1) is 7.11 Å². The van der Waals surface area contributed by atoms with Crippen LogP contribution < -0.4 is 4.74 Å². The maximum absolute atomic E-state index is 11.4. The van der Waals surface area contributed by atoms with Crippen molar-refractivity contribution in [1.29, 1.82) is 0 Å². The molecule has 7 nitrogen and oxygen atoms in total. The molecule has 1 aromatic carbocycles. The summed E-state index contributed by atoms with van der Waals surface area (Å²) in [6.45, 7) is -1.27. The number of para-hydroxylation sites is 1. The van der Waals surface area contributed by atoms with Crippen molar-refractivity contribution in [3.05, 3.63) is 39.9 Å². The van der Waals surface area contributed by atoms with Crippen LogP contribution in [0.15, 0.2) is 24.3 Å². The van der Waals surface area contributed by atoms with E-state index in [9.17, 15) is 19.7 Å². The molecule has 0 spiro atoms. The zero-order valence-corrected chi connectivity index (χ0v) is 9.62. The molecule has 0 saturated heterocycles. The molecule has 0 saturated carbocycles. The average Bonchev–Trinajstić information content (AvgIpc) is 2.35. The lowest BCUT2D eigenvalue weighted by Crippen LogP contribution is -2.21. The predicted octanol–water partition coefficient (Wildman–Crippen LogP) is 0.698. The normalized spacial score (nSPS) is 9.61. The molecule has 0 amide bonds. The third-order valence-electron chi connectivity index (χ3n) is 1.99. The van der Waals surface area contributed by atoms with E-state index in [1.807, 2.05) is 0 Å². The van der Waals surface area contributed by atoms with E-state index >= 15 is 0 Å². The monoisotopic (exact) mass is 253 g/mol. The molecule has 0 unspecified atom stereocenters. The lowest BCUT2D eigenvalue weighted by Gasteiger charge is -2.08. The second-order valence-corrected chi connectivity index (χ2v) is 3.31. The maximum Gasteiger partial charge on any atom is 0.341 e. The smallest absolute Gasteiger partial charge is 0.341 e. The zero-order chi connectivity index (χ0) is 13.5. The van der Waals surface area contributed by atoms with Gasteiger partial charge >= 0.3 is 5.97 Å². The molecule has 0 atom stereocenters. The highest BCUT2D eigenvalue weighted by molar-refractivity contribution is 5.92. The minimum Gasteiger partial charge on any atom is -0.485 e. The fraction of sp³-hybridized carbons (Fsp3) is 0.273. The molecule has 0 radical (unpaired) electrons. The Bertz CT molecular complexity index is 470. The van der Waals surface area contributed by atoms with Crippen molar-refractivity contribution in [3.63, 3.8) is 0 Å². The number of carbonyl (C=O) groups is 2. The van der Waals surface area contributed by atoms with Crippen LogP contribution in [0.25, 0.3) is 0 Å². The van der Waals surface area contributed by atoms with Crippen molar-refractivity contribution in [1.82, 2.24) is 0 Å². The van der Waals surface area contributed by atoms with E-state index in [2.05, 4.69) is 4.74 Å². The van der Waals surface area contributed by atoms with Crippen LogP contribution >= 0.6 is 0 Å². The molecular weight excluding hydrogens is 242 g/mol. The molecule has 96 valence electrons. The minimum absolute atomic E-state index is 0.154. The molecule has 7 heteroatoms. The first-order chi connectivity index (χ1) is 8.54. The van der Waals surface area contributed by atoms with Crippen LogP contribution in [-0.2, 0) is 9.53 Å². The van der Waals surface area contributed by atoms with Gasteiger partial charge in [-0.25, -0.2) is 4.79 Å². The number of ether oxygens (including phenoxy) is 2. The van der Waals surface area contributed by atoms with Gasteiger partial charge in [0.25, 0.3) is 6.54 Å². The van der Waals surface area contributed by atoms with Crippen molar-refractivity contribution < 1.29 is 24.0 Å². The van der Waals surface area contributed by atoms with Crippen LogP contribution in [0.4, 0.5) is 0 Å². The van der Waals surface area contributed by atoms with E-state index in [-0.39, 0.29) is 11.3 Å². The molecule has 0 N–H and O–H groups in total. The summed E-state index contributed by atoms with van der Waals surface area (Å²) in [5, 5.41) is 10.1. The van der Waals surface area contributed by atoms with Crippen molar-refractivity contribution in [3.8, 4) is 5.75 Å². The van der Waals surface area contributed by atoms with Crippen LogP contribution in [0.5, 0.6) is 5.75 Å². The molecule has 0 aliphatic heterocycles. The van der Waals surface area contributed by atoms with Gasteiger partial charge in [0.1, 0.15) is 11.3 Å². The second kappa shape index (κ2) is 6.33. The first kappa shape index (κ1) is 13.6. The molecule has 0 bridgehead atoms. The predicted molar refractivity (Wildman–Crippen MR) is 60.1 cm³/mol. The van der Waals surface area contributed by atoms with Crippen molar-refractivity contribution in [2.75, 3.05) is 20.3 Å². The Morgan fingerprint density at radius 2 is 2.00 bits per heavy atom. The third kappa shape index (κ3) is 3.85. The number of methoxy groups -OCH3 is 1. The largest absolute Gasteiger partial charge is 0.485 e. The number of hydrogen-bond acceptors (Lipinski definition) is 6. The van der Waals surface area contributed by atoms with E-state index in [0.29, 0.717) is 0 Å². The summed E-state index contributed by atoms with van der Waals surface area (Å²) in [6.07, 6.45) is 0. The minimum atomic E-state index is -0.805. The highest BCUT2D eigenvalue weighted by atomic mass is 16.6. The van der Waals surface area contributed by atoms with Gasteiger partial charge in [0.2, 0.25) is 5.78 Å². The molecular formula is C11H11NO6. The van der Waals surface area contributed by atoms with Crippen LogP contribution in [0, 0.1) is 10.1 Å². The van der Waals surface area contributed by atoms with E-state index in [1.165, 1.54) is 19.2 Å². The van der Waals surface area contributed by atoms with Crippen LogP contribution in [-0.4, -0.2) is 36.9 Å². The Kier molecular flexibility index (Phi) is 4.79. The van der Waals surface area contributed by atoms with Crippen LogP contribution in [0.1, 0.15) is 10.4 Å². The van der Waals surface area contributed by atoms with Gasteiger partial charge in [-0.05, 0) is 12.1 Å². The van der Waals surface area contributed by atoms with Crippen molar-refractivity contribution >= 4 is 11.8 Å². The Hall–Kier alpha value is -2.44. The summed E-state index contributed by atoms with van der Waals surface area (Å²) in [6, 6.07) is 6.17. The Morgan fingerprint density at radius 3 is 2.61 bits per heavy atom. The molecule has 0 fully saturated rings. The molecule has 18 heavy (non-hydrogen) atoms. The number of benzene rings is 1. The zero-order valence-electron chi connectivity index (χ0n) is 9.62. The van der Waals surface area contributed by atoms with E-state index < -0.39 is 29.8 Å². The number of rotatable bonds is 6. The second-order valence-electron chi connectivity index (χ2n) is 3.31. The van der Waals surface area contributed by atoms with Gasteiger partial charge in [0, 0.05) is 4.92 Å². The first-order valence-electron chi connectivity index (χ1n) is 4.98. The van der Waals surface area contributed by atoms with Gasteiger partial charge in [-0.15, -0.1) is 0 Å². The number of hydrogen-bond donors (Lipinski definition) is 0. The van der Waals surface area contributed by atoms with Crippen LogP contribution in [0.2, 0.25) is 0 Å². The molecule has 1 aromatic rings. The Morgan fingerprint density at radius 1 is 1.33 bits per heavy atom. The summed E-state index contributed by atoms with van der Waals surface area (Å²) < 4.78 is 9.60. The van der Waals surface area contributed by atoms with E-state index in [0.717, 1.165) is 0 Å². The van der Waals surface area contributed by atoms with Gasteiger partial charge in [0.15, 0.2) is 6.61 Å². The summed E-state index contributed by atoms with van der Waals surface area (Å²) >= 11 is 0. The van der Waals surface area contributed by atoms with Crippen molar-refractivity contribution in [2.24, 2.45) is 0 Å². The fourth-order valence-electron chi connectivity index (χ4n) is 1.22. The topological polar surface area (TPSA) is 95.7 Å². The first-order valence-corrected chi connectivity index (χ1v) is 4.98. The van der Waals surface area contributed by atoms with E-state index in [4.69, 9.17) is 4.74 Å². The quantitative estimate of drug-likeness (QED) is 0.420. The molecule has 1 rings (SSSR count). The number of esters is 1. The Balaban J connectivity index is 2.70. The highest BCUT2D eigenvalue weighted by Crippen LogP contribution is 2.18. The summed E-state index contributed by atoms with van der Waals surface area (Å²) in [7, 11) is 1.22. The highest BCUT2D eigenvalue weighted by Gasteiger charge is 2.15. The summed E-state index contributed by atoms with van der Waals surface area (Å²) in [4.78, 5) is 31.8. The number of nitro groups is 1. The van der Waals surface area contributed by atoms with Gasteiger partial charge in [-0.2, -0.15) is 0 Å². The van der Waals surface area contributed by atoms with Gasteiger partial charge in [-0.1, -0.05) is 12.1 Å². The number of nitrogens with zero attached hydrogens (tertiary/aromatic N) is 1. The summed E-state index contributed by atoms with van der Waals surface area (Å²) in [5.41, 5.74) is 0.161. The summed E-state index contributed by atoms with van der Waals surface area (Å²) in [5.74, 6) is -1.13. The lowest BCUT2D eigenvalue weighted by atomic mass is 10.2. The molecule has 0 aliphatic rings. The standard InChI is InChI=1S/C11H11NO6/c1-17-11(14)9-4-2-3-5-10(9)18-7-8(13)6-12(15)16/h2-5H,6-7H2,1H3. The number of Topliss-reactive ketones (excluding diaryl/α,β-unsaturated/α-hetero) is 1. The number of carbonyl (C=O) groups excluding carboxylic acids is 2. The van der Waals surface area contributed by atoms with Gasteiger partial charge in [-0.3, -0.25) is 14.9 Å². The molecule has 0 aromatic heterocycles.